The number of aliphatic carboxylic acids is 1. The van der Waals surface area contributed by atoms with Crippen LogP contribution < -0.4 is 9.47 Å². The molecule has 0 aromatic heterocycles. The van der Waals surface area contributed by atoms with Gasteiger partial charge in [0.2, 0.25) is 0 Å². The van der Waals surface area contributed by atoms with Crippen LogP contribution in [0.25, 0.3) is 0 Å². The predicted octanol–water partition coefficient (Wildman–Crippen LogP) is 2.53. The van der Waals surface area contributed by atoms with Crippen molar-refractivity contribution in [1.82, 2.24) is 4.90 Å². The van der Waals surface area contributed by atoms with E-state index < -0.39 is 17.9 Å². The van der Waals surface area contributed by atoms with E-state index in [0.29, 0.717) is 30.0 Å². The molecule has 3 rings (SSSR count). The number of nitrogens with zero attached hydrogens (tertiary/aromatic N) is 1. The zero-order chi connectivity index (χ0) is 18.0. The fourth-order valence-electron chi connectivity index (χ4n) is 3.26. The molecule has 1 N–H and O–H groups in total. The van der Waals surface area contributed by atoms with Crippen molar-refractivity contribution in [3.8, 4) is 11.5 Å². The summed E-state index contributed by atoms with van der Waals surface area (Å²) in [5.74, 6) is -0.712. The number of ether oxygens (including phenoxy) is 2. The van der Waals surface area contributed by atoms with Crippen molar-refractivity contribution >= 4 is 11.9 Å². The summed E-state index contributed by atoms with van der Waals surface area (Å²) < 4.78 is 10.6. The number of carbonyl (C=O) groups excluding carboxylic acids is 1. The first kappa shape index (κ1) is 16.8. The van der Waals surface area contributed by atoms with Gasteiger partial charge in [-0.2, -0.15) is 0 Å². The molecule has 2 aromatic rings. The number of hydrogen-bond donors (Lipinski definition) is 1. The van der Waals surface area contributed by atoms with Crippen molar-refractivity contribution in [2.45, 2.75) is 12.5 Å². The van der Waals surface area contributed by atoms with E-state index in [1.807, 2.05) is 12.1 Å². The van der Waals surface area contributed by atoms with Crippen molar-refractivity contribution in [1.29, 1.82) is 0 Å². The highest BCUT2D eigenvalue weighted by Gasteiger charge is 2.37. The molecule has 1 heterocycles. The van der Waals surface area contributed by atoms with Gasteiger partial charge in [-0.1, -0.05) is 30.3 Å². The van der Waals surface area contributed by atoms with Crippen LogP contribution in [0, 0.1) is 0 Å². The SMILES string of the molecule is COc1cccc(C(=O)N2CCc3ccccc3C2C(=O)O)c1OC. The number of fused-ring (bicyclic) bond motifs is 1. The summed E-state index contributed by atoms with van der Waals surface area (Å²) in [5.41, 5.74) is 1.89. The van der Waals surface area contributed by atoms with Gasteiger partial charge < -0.3 is 19.5 Å². The average Bonchev–Trinajstić information content (AvgIpc) is 2.65. The summed E-state index contributed by atoms with van der Waals surface area (Å²) >= 11 is 0. The van der Waals surface area contributed by atoms with Crippen LogP contribution in [0.3, 0.4) is 0 Å². The molecular formula is C19H19NO5. The number of benzene rings is 2. The summed E-state index contributed by atoms with van der Waals surface area (Å²) in [6.45, 7) is 0.327. The molecule has 6 nitrogen and oxygen atoms in total. The van der Waals surface area contributed by atoms with Gasteiger partial charge in [0.05, 0.1) is 19.8 Å². The average molecular weight is 341 g/mol. The summed E-state index contributed by atoms with van der Waals surface area (Å²) in [6, 6.07) is 11.3. The quantitative estimate of drug-likeness (QED) is 0.925. The van der Waals surface area contributed by atoms with Gasteiger partial charge in [-0.15, -0.1) is 0 Å². The van der Waals surface area contributed by atoms with E-state index in [0.717, 1.165) is 5.56 Å². The third kappa shape index (κ3) is 2.91. The Balaban J connectivity index is 2.04. The van der Waals surface area contributed by atoms with E-state index in [2.05, 4.69) is 0 Å². The van der Waals surface area contributed by atoms with Crippen LogP contribution in [-0.2, 0) is 11.2 Å². The second-order valence-electron chi connectivity index (χ2n) is 5.73. The minimum atomic E-state index is -1.05. The molecule has 6 heteroatoms. The molecule has 1 aliphatic rings. The summed E-state index contributed by atoms with van der Waals surface area (Å²) in [4.78, 5) is 26.4. The summed E-state index contributed by atoms with van der Waals surface area (Å²) in [7, 11) is 2.94. The third-order valence-corrected chi connectivity index (χ3v) is 4.41. The topological polar surface area (TPSA) is 76.1 Å². The van der Waals surface area contributed by atoms with Gasteiger partial charge >= 0.3 is 5.97 Å². The van der Waals surface area contributed by atoms with Crippen molar-refractivity contribution in [2.24, 2.45) is 0 Å². The fourth-order valence-corrected chi connectivity index (χ4v) is 3.26. The van der Waals surface area contributed by atoms with E-state index >= 15 is 0 Å². The number of carboxylic acids is 1. The molecule has 1 aliphatic heterocycles. The van der Waals surface area contributed by atoms with Gasteiger partial charge in [-0.3, -0.25) is 4.79 Å². The highest BCUT2D eigenvalue weighted by Crippen LogP contribution is 2.35. The van der Waals surface area contributed by atoms with Crippen molar-refractivity contribution in [3.05, 3.63) is 59.2 Å². The van der Waals surface area contributed by atoms with Crippen molar-refractivity contribution in [2.75, 3.05) is 20.8 Å². The second kappa shape index (κ2) is 6.84. The predicted molar refractivity (Wildman–Crippen MR) is 91.1 cm³/mol. The second-order valence-corrected chi connectivity index (χ2v) is 5.73. The third-order valence-electron chi connectivity index (χ3n) is 4.41. The van der Waals surface area contributed by atoms with Crippen LogP contribution in [-0.4, -0.2) is 42.6 Å². The van der Waals surface area contributed by atoms with Gasteiger partial charge in [-0.25, -0.2) is 4.79 Å². The molecule has 0 spiro atoms. The first-order chi connectivity index (χ1) is 12.1. The van der Waals surface area contributed by atoms with Gasteiger partial charge in [0.25, 0.3) is 5.91 Å². The number of hydrogen-bond acceptors (Lipinski definition) is 4. The molecule has 1 atom stereocenters. The Hall–Kier alpha value is -3.02. The lowest BCUT2D eigenvalue weighted by Crippen LogP contribution is -2.43. The smallest absolute Gasteiger partial charge is 0.331 e. The maximum absolute atomic E-state index is 13.1. The van der Waals surface area contributed by atoms with E-state index in [-0.39, 0.29) is 5.56 Å². The molecule has 25 heavy (non-hydrogen) atoms. The molecule has 2 aromatic carbocycles. The standard InChI is InChI=1S/C19H19NO5/c1-24-15-9-5-8-14(17(15)25-2)18(21)20-11-10-12-6-3-4-7-13(12)16(20)19(22)23/h3-9,16H,10-11H2,1-2H3,(H,22,23). The monoisotopic (exact) mass is 341 g/mol. The maximum Gasteiger partial charge on any atom is 0.331 e. The Bertz CT molecular complexity index is 817. The molecule has 0 aliphatic carbocycles. The van der Waals surface area contributed by atoms with Gasteiger partial charge in [0.15, 0.2) is 17.5 Å². The van der Waals surface area contributed by atoms with Crippen LogP contribution in [0.5, 0.6) is 11.5 Å². The molecule has 130 valence electrons. The summed E-state index contributed by atoms with van der Waals surface area (Å²) in [5, 5.41) is 9.73. The molecule has 0 radical (unpaired) electrons. The fraction of sp³-hybridized carbons (Fsp3) is 0.263. The minimum absolute atomic E-state index is 0.285. The van der Waals surface area contributed by atoms with Crippen LogP contribution in [0.4, 0.5) is 0 Å². The van der Waals surface area contributed by atoms with Gasteiger partial charge in [0, 0.05) is 6.54 Å². The molecular weight excluding hydrogens is 322 g/mol. The van der Waals surface area contributed by atoms with Crippen LogP contribution >= 0.6 is 0 Å². The summed E-state index contributed by atoms with van der Waals surface area (Å²) in [6.07, 6.45) is 0.609. The highest BCUT2D eigenvalue weighted by atomic mass is 16.5. The van der Waals surface area contributed by atoms with Gasteiger partial charge in [0.1, 0.15) is 0 Å². The zero-order valence-corrected chi connectivity index (χ0v) is 14.1. The normalized spacial score (nSPS) is 16.1. The molecule has 1 amide bonds. The lowest BCUT2D eigenvalue weighted by atomic mass is 9.92. The largest absolute Gasteiger partial charge is 0.493 e. The lowest BCUT2D eigenvalue weighted by Gasteiger charge is -2.35. The number of methoxy groups -OCH3 is 2. The zero-order valence-electron chi connectivity index (χ0n) is 14.1. The Morgan fingerprint density at radius 3 is 2.52 bits per heavy atom. The van der Waals surface area contributed by atoms with Crippen LogP contribution in [0.15, 0.2) is 42.5 Å². The van der Waals surface area contributed by atoms with Crippen molar-refractivity contribution < 1.29 is 24.2 Å². The Labute approximate surface area is 145 Å². The first-order valence-electron chi connectivity index (χ1n) is 7.91. The van der Waals surface area contributed by atoms with Gasteiger partial charge in [-0.05, 0) is 29.7 Å². The minimum Gasteiger partial charge on any atom is -0.493 e. The first-order valence-corrected chi connectivity index (χ1v) is 7.91. The Morgan fingerprint density at radius 2 is 1.84 bits per heavy atom. The highest BCUT2D eigenvalue weighted by molar-refractivity contribution is 6.00. The van der Waals surface area contributed by atoms with E-state index in [1.165, 1.54) is 19.1 Å². The van der Waals surface area contributed by atoms with Crippen LogP contribution in [0.1, 0.15) is 27.5 Å². The molecule has 0 saturated heterocycles. The molecule has 0 fully saturated rings. The van der Waals surface area contributed by atoms with E-state index in [4.69, 9.17) is 9.47 Å². The van der Waals surface area contributed by atoms with Crippen molar-refractivity contribution in [3.63, 3.8) is 0 Å². The number of carboxylic acid groups (broad SMARTS) is 1. The molecule has 0 saturated carbocycles. The Morgan fingerprint density at radius 1 is 1.08 bits per heavy atom. The Kier molecular flexibility index (Phi) is 4.61. The lowest BCUT2D eigenvalue weighted by molar-refractivity contribution is -0.143. The number of para-hydroxylation sites is 1. The van der Waals surface area contributed by atoms with E-state index in [1.54, 1.807) is 30.3 Å². The maximum atomic E-state index is 13.1. The molecule has 1 unspecified atom stereocenters. The number of carbonyl (C=O) groups is 2. The molecule has 0 bridgehead atoms. The van der Waals surface area contributed by atoms with E-state index in [9.17, 15) is 14.7 Å². The number of rotatable bonds is 4. The van der Waals surface area contributed by atoms with Crippen LogP contribution in [0.2, 0.25) is 0 Å². The number of amides is 1.